The van der Waals surface area contributed by atoms with Gasteiger partial charge in [-0.3, -0.25) is 0 Å². The lowest BCUT2D eigenvalue weighted by atomic mass is 10.3. The van der Waals surface area contributed by atoms with Crippen molar-refractivity contribution in [1.29, 1.82) is 0 Å². The molecule has 0 amide bonds. The van der Waals surface area contributed by atoms with Crippen molar-refractivity contribution in [2.24, 2.45) is 0 Å². The molecule has 1 heterocycles. The van der Waals surface area contributed by atoms with Crippen molar-refractivity contribution in [3.63, 3.8) is 0 Å². The van der Waals surface area contributed by atoms with Crippen molar-refractivity contribution in [3.8, 4) is 11.6 Å². The third kappa shape index (κ3) is 3.07. The minimum absolute atomic E-state index is 0.429. The maximum Gasteiger partial charge on any atom is 0.226 e. The van der Waals surface area contributed by atoms with Crippen molar-refractivity contribution in [2.75, 3.05) is 0 Å². The molecule has 88 valence electrons. The van der Waals surface area contributed by atoms with E-state index >= 15 is 0 Å². The summed E-state index contributed by atoms with van der Waals surface area (Å²) in [5, 5.41) is 0.429. The van der Waals surface area contributed by atoms with Crippen LogP contribution in [0.1, 0.15) is 11.4 Å². The minimum Gasteiger partial charge on any atom is -0.439 e. The molecule has 0 fully saturated rings. The monoisotopic (exact) mass is 360 g/mol. The molecule has 17 heavy (non-hydrogen) atoms. The Morgan fingerprint density at radius 1 is 1.12 bits per heavy atom. The Labute approximate surface area is 118 Å². The van der Waals surface area contributed by atoms with E-state index in [9.17, 15) is 0 Å². The maximum absolute atomic E-state index is 5.98. The molecule has 0 aliphatic carbocycles. The summed E-state index contributed by atoms with van der Waals surface area (Å²) in [5.74, 6) is 1.84. The Hall–Kier alpha value is -0.880. The van der Waals surface area contributed by atoms with Gasteiger partial charge in [0.25, 0.3) is 0 Å². The largest absolute Gasteiger partial charge is 0.439 e. The Morgan fingerprint density at radius 3 is 2.41 bits per heavy atom. The Balaban J connectivity index is 2.32. The van der Waals surface area contributed by atoms with Gasteiger partial charge in [0, 0.05) is 9.13 Å². The molecule has 0 aliphatic rings. The fraction of sp³-hybridized carbons (Fsp3) is 0.167. The molecule has 0 saturated heterocycles. The van der Waals surface area contributed by atoms with Crippen LogP contribution < -0.4 is 4.74 Å². The zero-order chi connectivity index (χ0) is 12.4. The molecule has 0 spiro atoms. The van der Waals surface area contributed by atoms with E-state index < -0.39 is 0 Å². The highest BCUT2D eigenvalue weighted by Gasteiger charge is 2.09. The third-order valence-electron chi connectivity index (χ3n) is 2.18. The molecule has 0 N–H and O–H groups in total. The van der Waals surface area contributed by atoms with E-state index in [-0.39, 0.29) is 0 Å². The number of nitrogens with zero attached hydrogens (tertiary/aromatic N) is 2. The Bertz CT molecular complexity index is 543. The minimum atomic E-state index is 0.429. The van der Waals surface area contributed by atoms with Crippen LogP contribution in [0.3, 0.4) is 0 Å². The van der Waals surface area contributed by atoms with Gasteiger partial charge in [0.2, 0.25) is 5.88 Å². The van der Waals surface area contributed by atoms with Crippen molar-refractivity contribution < 1.29 is 4.74 Å². The van der Waals surface area contributed by atoms with Crippen LogP contribution in [-0.4, -0.2) is 9.97 Å². The highest BCUT2D eigenvalue weighted by molar-refractivity contribution is 14.1. The summed E-state index contributed by atoms with van der Waals surface area (Å²) in [4.78, 5) is 8.29. The van der Waals surface area contributed by atoms with E-state index in [0.717, 1.165) is 14.9 Å². The van der Waals surface area contributed by atoms with E-state index in [4.69, 9.17) is 16.3 Å². The van der Waals surface area contributed by atoms with Crippen LogP contribution in [0, 0.1) is 17.4 Å². The van der Waals surface area contributed by atoms with Gasteiger partial charge in [-0.2, -0.15) is 4.98 Å². The first kappa shape index (κ1) is 12.6. The first-order valence-electron chi connectivity index (χ1n) is 5.00. The van der Waals surface area contributed by atoms with Gasteiger partial charge in [0.1, 0.15) is 16.7 Å². The number of halogens is 2. The topological polar surface area (TPSA) is 35.0 Å². The predicted molar refractivity (Wildman–Crippen MR) is 75.7 cm³/mol. The number of benzene rings is 1. The van der Waals surface area contributed by atoms with Crippen molar-refractivity contribution in [1.82, 2.24) is 9.97 Å². The molecule has 5 heteroatoms. The van der Waals surface area contributed by atoms with Crippen molar-refractivity contribution >= 4 is 34.2 Å². The fourth-order valence-electron chi connectivity index (χ4n) is 1.28. The van der Waals surface area contributed by atoms with Crippen LogP contribution in [0.2, 0.25) is 5.15 Å². The second kappa shape index (κ2) is 5.18. The number of ether oxygens (including phenoxy) is 1. The zero-order valence-corrected chi connectivity index (χ0v) is 12.3. The maximum atomic E-state index is 5.98. The standard InChI is InChI=1S/C12H10ClIN2O/c1-7-11(13)15-8(2)16-12(7)17-10-5-3-9(14)4-6-10/h3-6H,1-2H3. The lowest BCUT2D eigenvalue weighted by Gasteiger charge is -2.09. The molecule has 2 rings (SSSR count). The van der Waals surface area contributed by atoms with Gasteiger partial charge in [-0.1, -0.05) is 11.6 Å². The van der Waals surface area contributed by atoms with Crippen LogP contribution in [0.25, 0.3) is 0 Å². The van der Waals surface area contributed by atoms with Gasteiger partial charge in [0.15, 0.2) is 0 Å². The normalized spacial score (nSPS) is 10.4. The van der Waals surface area contributed by atoms with Gasteiger partial charge in [-0.15, -0.1) is 0 Å². The Morgan fingerprint density at radius 2 is 1.76 bits per heavy atom. The van der Waals surface area contributed by atoms with Gasteiger partial charge in [-0.05, 0) is 60.7 Å². The summed E-state index contributed by atoms with van der Waals surface area (Å²) < 4.78 is 6.84. The number of aryl methyl sites for hydroxylation is 1. The lowest BCUT2D eigenvalue weighted by molar-refractivity contribution is 0.455. The van der Waals surface area contributed by atoms with E-state index in [1.807, 2.05) is 31.2 Å². The summed E-state index contributed by atoms with van der Waals surface area (Å²) in [6.45, 7) is 3.62. The molecule has 1 aromatic carbocycles. The molecular weight excluding hydrogens is 351 g/mol. The molecule has 0 radical (unpaired) electrons. The van der Waals surface area contributed by atoms with E-state index in [0.29, 0.717) is 16.9 Å². The average molecular weight is 361 g/mol. The molecule has 1 aromatic heterocycles. The SMILES string of the molecule is Cc1nc(Cl)c(C)c(Oc2ccc(I)cc2)n1. The molecule has 0 bridgehead atoms. The van der Waals surface area contributed by atoms with Gasteiger partial charge < -0.3 is 4.74 Å². The number of hydrogen-bond acceptors (Lipinski definition) is 3. The molecule has 0 aliphatic heterocycles. The quantitative estimate of drug-likeness (QED) is 0.596. The highest BCUT2D eigenvalue weighted by atomic mass is 127. The highest BCUT2D eigenvalue weighted by Crippen LogP contribution is 2.27. The van der Waals surface area contributed by atoms with E-state index in [2.05, 4.69) is 32.6 Å². The molecule has 0 saturated carbocycles. The molecule has 0 atom stereocenters. The van der Waals surface area contributed by atoms with Crippen LogP contribution in [-0.2, 0) is 0 Å². The van der Waals surface area contributed by atoms with Gasteiger partial charge in [-0.25, -0.2) is 4.98 Å². The van der Waals surface area contributed by atoms with Crippen LogP contribution in [0.4, 0.5) is 0 Å². The molecule has 3 nitrogen and oxygen atoms in total. The first-order chi connectivity index (χ1) is 8.06. The predicted octanol–water partition coefficient (Wildman–Crippen LogP) is 4.14. The Kier molecular flexibility index (Phi) is 3.83. The molecular formula is C12H10ClIN2O. The van der Waals surface area contributed by atoms with Crippen LogP contribution in [0.15, 0.2) is 24.3 Å². The average Bonchev–Trinajstić information content (AvgIpc) is 2.28. The third-order valence-corrected chi connectivity index (χ3v) is 3.27. The van der Waals surface area contributed by atoms with E-state index in [1.165, 1.54) is 0 Å². The van der Waals surface area contributed by atoms with Gasteiger partial charge in [0.05, 0.1) is 0 Å². The smallest absolute Gasteiger partial charge is 0.226 e. The number of rotatable bonds is 2. The zero-order valence-electron chi connectivity index (χ0n) is 9.37. The summed E-state index contributed by atoms with van der Waals surface area (Å²) >= 11 is 8.22. The summed E-state index contributed by atoms with van der Waals surface area (Å²) in [7, 11) is 0. The summed E-state index contributed by atoms with van der Waals surface area (Å²) in [5.41, 5.74) is 0.746. The van der Waals surface area contributed by atoms with Crippen molar-refractivity contribution in [3.05, 3.63) is 44.4 Å². The van der Waals surface area contributed by atoms with Gasteiger partial charge >= 0.3 is 0 Å². The summed E-state index contributed by atoms with van der Waals surface area (Å²) in [6, 6.07) is 7.74. The van der Waals surface area contributed by atoms with E-state index in [1.54, 1.807) is 6.92 Å². The summed E-state index contributed by atoms with van der Waals surface area (Å²) in [6.07, 6.45) is 0. The lowest BCUT2D eigenvalue weighted by Crippen LogP contribution is -1.97. The second-order valence-electron chi connectivity index (χ2n) is 3.55. The fourth-order valence-corrected chi connectivity index (χ4v) is 1.85. The number of aromatic nitrogens is 2. The van der Waals surface area contributed by atoms with Crippen molar-refractivity contribution in [2.45, 2.75) is 13.8 Å². The second-order valence-corrected chi connectivity index (χ2v) is 5.15. The molecule has 0 unspecified atom stereocenters. The van der Waals surface area contributed by atoms with Crippen LogP contribution >= 0.6 is 34.2 Å². The molecule has 2 aromatic rings. The van der Waals surface area contributed by atoms with Crippen LogP contribution in [0.5, 0.6) is 11.6 Å². The first-order valence-corrected chi connectivity index (χ1v) is 6.46. The number of hydrogen-bond donors (Lipinski definition) is 0.